The van der Waals surface area contributed by atoms with Crippen molar-refractivity contribution in [3.8, 4) is 11.8 Å². The normalized spacial score (nSPS) is 12.0. The first-order valence-electron chi connectivity index (χ1n) is 8.56. The number of carboxylic acids is 1. The highest BCUT2D eigenvalue weighted by Crippen LogP contribution is 2.28. The second kappa shape index (κ2) is 9.58. The summed E-state index contributed by atoms with van der Waals surface area (Å²) in [4.78, 5) is 23.4. The fraction of sp³-hybridized carbons (Fsp3) is 0.190. The summed E-state index contributed by atoms with van der Waals surface area (Å²) in [5, 5.41) is 21.2. The lowest BCUT2D eigenvalue weighted by atomic mass is 10.1. The summed E-state index contributed by atoms with van der Waals surface area (Å²) in [5.74, 6) is -1.23. The second-order valence-corrected chi connectivity index (χ2v) is 6.44. The van der Waals surface area contributed by atoms with E-state index in [9.17, 15) is 14.9 Å². The molecule has 2 N–H and O–H groups in total. The van der Waals surface area contributed by atoms with Crippen LogP contribution >= 0.6 is 11.6 Å². The minimum atomic E-state index is -1.11. The predicted molar refractivity (Wildman–Crippen MR) is 107 cm³/mol. The summed E-state index contributed by atoms with van der Waals surface area (Å²) in [6.45, 7) is 3.93. The highest BCUT2D eigenvalue weighted by molar-refractivity contribution is 6.32. The molecule has 0 aliphatic heterocycles. The molecule has 0 aliphatic carbocycles. The van der Waals surface area contributed by atoms with Crippen LogP contribution in [0, 0.1) is 11.3 Å². The number of nitriles is 1. The maximum absolute atomic E-state index is 12.4. The number of carbonyl (C=O) groups excluding carboxylic acids is 1. The Morgan fingerprint density at radius 2 is 2.07 bits per heavy atom. The zero-order valence-electron chi connectivity index (χ0n) is 15.4. The molecule has 0 bridgehead atoms. The third-order valence-electron chi connectivity index (χ3n) is 3.90. The molecule has 28 heavy (non-hydrogen) atoms. The summed E-state index contributed by atoms with van der Waals surface area (Å²) in [6, 6.07) is 12.6. The maximum Gasteiger partial charge on any atom is 0.335 e. The average Bonchev–Trinajstić information content (AvgIpc) is 2.67. The van der Waals surface area contributed by atoms with Gasteiger partial charge in [-0.25, -0.2) is 4.79 Å². The molecule has 7 heteroatoms. The zero-order valence-corrected chi connectivity index (χ0v) is 16.2. The average molecular weight is 399 g/mol. The van der Waals surface area contributed by atoms with Crippen molar-refractivity contribution in [2.24, 2.45) is 0 Å². The van der Waals surface area contributed by atoms with Gasteiger partial charge in [0.2, 0.25) is 0 Å². The molecule has 2 rings (SSSR count). The number of hydrogen-bond donors (Lipinski definition) is 2. The molecular weight excluding hydrogens is 380 g/mol. The van der Waals surface area contributed by atoms with E-state index in [0.717, 1.165) is 6.42 Å². The van der Waals surface area contributed by atoms with E-state index in [2.05, 4.69) is 5.32 Å². The molecule has 2 aromatic carbocycles. The molecule has 0 saturated carbocycles. The summed E-state index contributed by atoms with van der Waals surface area (Å²) < 4.78 is 5.69. The molecule has 0 aromatic heterocycles. The van der Waals surface area contributed by atoms with Crippen LogP contribution < -0.4 is 10.1 Å². The molecule has 0 spiro atoms. The Hall–Kier alpha value is -3.30. The van der Waals surface area contributed by atoms with Crippen LogP contribution in [0.4, 0.5) is 5.69 Å². The molecule has 0 radical (unpaired) electrons. The first-order valence-corrected chi connectivity index (χ1v) is 8.94. The number of carboxylic acid groups (broad SMARTS) is 1. The van der Waals surface area contributed by atoms with Crippen LogP contribution in [0.1, 0.15) is 36.2 Å². The summed E-state index contributed by atoms with van der Waals surface area (Å²) >= 11 is 6.22. The number of halogens is 1. The Bertz CT molecular complexity index is 963. The van der Waals surface area contributed by atoms with E-state index in [1.165, 1.54) is 30.3 Å². The molecule has 0 saturated heterocycles. The molecule has 1 amide bonds. The topological polar surface area (TPSA) is 99.4 Å². The molecule has 2 aromatic rings. The minimum Gasteiger partial charge on any atom is -0.489 e. The number of amides is 1. The Morgan fingerprint density at radius 1 is 1.32 bits per heavy atom. The van der Waals surface area contributed by atoms with Gasteiger partial charge in [-0.1, -0.05) is 30.7 Å². The van der Waals surface area contributed by atoms with Crippen molar-refractivity contribution in [1.29, 1.82) is 5.26 Å². The second-order valence-electron chi connectivity index (χ2n) is 6.04. The number of rotatable bonds is 7. The van der Waals surface area contributed by atoms with Crippen LogP contribution in [0.25, 0.3) is 6.08 Å². The number of hydrogen-bond acceptors (Lipinski definition) is 4. The van der Waals surface area contributed by atoms with Crippen molar-refractivity contribution in [2.75, 3.05) is 5.32 Å². The SMILES string of the molecule is CC[C@H](C)Oc1ccc(/C=C(/C#N)C(=O)Nc2cccc(C(=O)O)c2)cc1Cl. The summed E-state index contributed by atoms with van der Waals surface area (Å²) in [5.41, 5.74) is 0.727. The van der Waals surface area contributed by atoms with Crippen LogP contribution in [0.2, 0.25) is 5.02 Å². The number of aromatic carboxylic acids is 1. The van der Waals surface area contributed by atoms with Gasteiger partial charge in [0.1, 0.15) is 17.4 Å². The Kier molecular flexibility index (Phi) is 7.19. The van der Waals surface area contributed by atoms with Gasteiger partial charge in [0.15, 0.2) is 0 Å². The quantitative estimate of drug-likeness (QED) is 0.517. The Morgan fingerprint density at radius 3 is 2.68 bits per heavy atom. The van der Waals surface area contributed by atoms with Gasteiger partial charge in [-0.3, -0.25) is 4.79 Å². The molecule has 0 heterocycles. The van der Waals surface area contributed by atoms with Gasteiger partial charge >= 0.3 is 5.97 Å². The first kappa shape index (κ1) is 21.0. The van der Waals surface area contributed by atoms with Crippen LogP contribution in [0.3, 0.4) is 0 Å². The number of nitrogens with zero attached hydrogens (tertiary/aromatic N) is 1. The minimum absolute atomic E-state index is 0.0147. The number of anilines is 1. The molecular formula is C21H19ClN2O4. The van der Waals surface area contributed by atoms with Crippen molar-refractivity contribution < 1.29 is 19.4 Å². The van der Waals surface area contributed by atoms with E-state index in [0.29, 0.717) is 16.3 Å². The standard InChI is InChI=1S/C21H19ClN2O4/c1-3-13(2)28-19-8-7-14(10-18(19)22)9-16(12-23)20(25)24-17-6-4-5-15(11-17)21(26)27/h4-11,13H,3H2,1-2H3,(H,24,25)(H,26,27)/b16-9-/t13-/m0/s1. The summed E-state index contributed by atoms with van der Waals surface area (Å²) in [6.07, 6.45) is 2.25. The van der Waals surface area contributed by atoms with Crippen molar-refractivity contribution in [1.82, 2.24) is 0 Å². The van der Waals surface area contributed by atoms with E-state index >= 15 is 0 Å². The smallest absolute Gasteiger partial charge is 0.335 e. The molecule has 0 unspecified atom stereocenters. The van der Waals surface area contributed by atoms with E-state index in [-0.39, 0.29) is 22.9 Å². The van der Waals surface area contributed by atoms with Crippen molar-refractivity contribution >= 4 is 35.2 Å². The zero-order chi connectivity index (χ0) is 20.7. The van der Waals surface area contributed by atoms with Gasteiger partial charge in [-0.15, -0.1) is 0 Å². The number of nitrogens with one attached hydrogen (secondary N) is 1. The highest BCUT2D eigenvalue weighted by Gasteiger charge is 2.12. The first-order chi connectivity index (χ1) is 13.3. The van der Waals surface area contributed by atoms with E-state index < -0.39 is 11.9 Å². The van der Waals surface area contributed by atoms with Gasteiger partial charge in [-0.05, 0) is 55.3 Å². The third-order valence-corrected chi connectivity index (χ3v) is 4.20. The fourth-order valence-electron chi connectivity index (χ4n) is 2.25. The van der Waals surface area contributed by atoms with E-state index in [4.69, 9.17) is 21.4 Å². The fourth-order valence-corrected chi connectivity index (χ4v) is 2.48. The van der Waals surface area contributed by atoms with Crippen LogP contribution in [0.15, 0.2) is 48.0 Å². The maximum atomic E-state index is 12.4. The van der Waals surface area contributed by atoms with Crippen molar-refractivity contribution in [3.63, 3.8) is 0 Å². The lowest BCUT2D eigenvalue weighted by Crippen LogP contribution is -2.14. The van der Waals surface area contributed by atoms with Gasteiger partial charge in [-0.2, -0.15) is 5.26 Å². The number of ether oxygens (including phenoxy) is 1. The van der Waals surface area contributed by atoms with Gasteiger partial charge in [0, 0.05) is 5.69 Å². The largest absolute Gasteiger partial charge is 0.489 e. The molecule has 0 aliphatic rings. The lowest BCUT2D eigenvalue weighted by molar-refractivity contribution is -0.112. The van der Waals surface area contributed by atoms with Crippen LogP contribution in [0.5, 0.6) is 5.75 Å². The third kappa shape index (κ3) is 5.60. The van der Waals surface area contributed by atoms with Gasteiger partial charge < -0.3 is 15.2 Å². The van der Waals surface area contributed by atoms with Gasteiger partial charge in [0.25, 0.3) is 5.91 Å². The molecule has 0 fully saturated rings. The van der Waals surface area contributed by atoms with Crippen molar-refractivity contribution in [2.45, 2.75) is 26.4 Å². The summed E-state index contributed by atoms with van der Waals surface area (Å²) in [7, 11) is 0. The lowest BCUT2D eigenvalue weighted by Gasteiger charge is -2.14. The number of carbonyl (C=O) groups is 2. The van der Waals surface area contributed by atoms with E-state index in [1.54, 1.807) is 18.2 Å². The Labute approximate surface area is 168 Å². The highest BCUT2D eigenvalue weighted by atomic mass is 35.5. The Balaban J connectivity index is 2.20. The van der Waals surface area contributed by atoms with Crippen LogP contribution in [-0.2, 0) is 4.79 Å². The number of benzene rings is 2. The van der Waals surface area contributed by atoms with Crippen molar-refractivity contribution in [3.05, 3.63) is 64.2 Å². The van der Waals surface area contributed by atoms with Crippen LogP contribution in [-0.4, -0.2) is 23.1 Å². The predicted octanol–water partition coefficient (Wildman–Crippen LogP) is 4.76. The molecule has 1 atom stereocenters. The molecule has 144 valence electrons. The van der Waals surface area contributed by atoms with E-state index in [1.807, 2.05) is 19.9 Å². The monoisotopic (exact) mass is 398 g/mol. The van der Waals surface area contributed by atoms with Gasteiger partial charge in [0.05, 0.1) is 16.7 Å². The molecule has 6 nitrogen and oxygen atoms in total.